The summed E-state index contributed by atoms with van der Waals surface area (Å²) in [6.07, 6.45) is 2.52. The third-order valence-electron chi connectivity index (χ3n) is 5.99. The number of hydrogen-bond donors (Lipinski definition) is 1. The van der Waals surface area contributed by atoms with Gasteiger partial charge in [0.1, 0.15) is 0 Å². The van der Waals surface area contributed by atoms with Gasteiger partial charge in [0.2, 0.25) is 23.6 Å². The summed E-state index contributed by atoms with van der Waals surface area (Å²) < 4.78 is 0. The van der Waals surface area contributed by atoms with Crippen molar-refractivity contribution in [3.8, 4) is 0 Å². The van der Waals surface area contributed by atoms with E-state index in [9.17, 15) is 19.2 Å². The van der Waals surface area contributed by atoms with E-state index in [0.717, 1.165) is 18.5 Å². The van der Waals surface area contributed by atoms with Crippen LogP contribution in [0.15, 0.2) is 30.3 Å². The summed E-state index contributed by atoms with van der Waals surface area (Å²) in [5.74, 6) is -0.146. The van der Waals surface area contributed by atoms with Gasteiger partial charge in [0, 0.05) is 59.0 Å². The van der Waals surface area contributed by atoms with Crippen LogP contribution in [0.1, 0.15) is 50.6 Å². The van der Waals surface area contributed by atoms with Gasteiger partial charge in [0.15, 0.2) is 0 Å². The summed E-state index contributed by atoms with van der Waals surface area (Å²) >= 11 is 0. The van der Waals surface area contributed by atoms with Crippen molar-refractivity contribution in [3.63, 3.8) is 0 Å². The molecule has 1 unspecified atom stereocenters. The molecule has 0 radical (unpaired) electrons. The number of likely N-dealkylation sites (tertiary alicyclic amines) is 1. The van der Waals surface area contributed by atoms with E-state index in [1.165, 1.54) is 6.92 Å². The van der Waals surface area contributed by atoms with E-state index in [2.05, 4.69) is 5.32 Å². The molecule has 2 heterocycles. The Kier molecular flexibility index (Phi) is 8.03. The number of carbonyl (C=O) groups is 4. The summed E-state index contributed by atoms with van der Waals surface area (Å²) in [5.41, 5.74) is 0.926. The lowest BCUT2D eigenvalue weighted by Crippen LogP contribution is -2.40. The first-order valence-electron chi connectivity index (χ1n) is 11.1. The van der Waals surface area contributed by atoms with Gasteiger partial charge in [-0.2, -0.15) is 0 Å². The molecule has 0 bridgehead atoms. The molecule has 31 heavy (non-hydrogen) atoms. The second-order valence-electron chi connectivity index (χ2n) is 8.16. The van der Waals surface area contributed by atoms with Gasteiger partial charge >= 0.3 is 0 Å². The van der Waals surface area contributed by atoms with Crippen LogP contribution in [0, 0.1) is 0 Å². The van der Waals surface area contributed by atoms with Crippen LogP contribution < -0.4 is 5.32 Å². The van der Waals surface area contributed by atoms with Crippen molar-refractivity contribution in [2.75, 3.05) is 39.3 Å². The minimum Gasteiger partial charge on any atom is -0.354 e. The lowest BCUT2D eigenvalue weighted by Gasteiger charge is -2.31. The fourth-order valence-electron chi connectivity index (χ4n) is 4.32. The third kappa shape index (κ3) is 6.29. The molecule has 1 N–H and O–H groups in total. The van der Waals surface area contributed by atoms with Crippen LogP contribution in [-0.2, 0) is 19.2 Å². The zero-order valence-corrected chi connectivity index (χ0v) is 18.2. The average Bonchev–Trinajstić information content (AvgIpc) is 3.15. The Morgan fingerprint density at radius 2 is 1.81 bits per heavy atom. The summed E-state index contributed by atoms with van der Waals surface area (Å²) in [6, 6.07) is 9.25. The smallest absolute Gasteiger partial charge is 0.224 e. The van der Waals surface area contributed by atoms with E-state index in [4.69, 9.17) is 0 Å². The van der Waals surface area contributed by atoms with Crippen LogP contribution in [0.3, 0.4) is 0 Å². The predicted molar refractivity (Wildman–Crippen MR) is 116 cm³/mol. The highest BCUT2D eigenvalue weighted by Gasteiger charge is 2.27. The number of nitrogens with zero attached hydrogens (tertiary/aromatic N) is 3. The maximum absolute atomic E-state index is 12.8. The molecule has 8 heteroatoms. The molecule has 8 nitrogen and oxygen atoms in total. The number of hydrogen-bond acceptors (Lipinski definition) is 4. The SMILES string of the molecule is CC(=O)N1CCCN(C(=O)CCN2CCCC2=O)CCNC(=O)CC1c1ccccc1. The van der Waals surface area contributed by atoms with Crippen LogP contribution >= 0.6 is 0 Å². The van der Waals surface area contributed by atoms with Gasteiger partial charge in [0.05, 0.1) is 12.5 Å². The fraction of sp³-hybridized carbons (Fsp3) is 0.565. The van der Waals surface area contributed by atoms with Crippen LogP contribution in [-0.4, -0.2) is 77.6 Å². The minimum atomic E-state index is -0.331. The summed E-state index contributed by atoms with van der Waals surface area (Å²) in [6.45, 7) is 4.45. The Morgan fingerprint density at radius 3 is 2.48 bits per heavy atom. The molecule has 1 atom stereocenters. The highest BCUT2D eigenvalue weighted by Crippen LogP contribution is 2.25. The molecule has 1 aromatic carbocycles. The molecule has 0 saturated carbocycles. The van der Waals surface area contributed by atoms with Gasteiger partial charge in [0.25, 0.3) is 0 Å². The molecular formula is C23H32N4O4. The second-order valence-corrected chi connectivity index (χ2v) is 8.16. The molecule has 2 fully saturated rings. The number of rotatable bonds is 4. The maximum atomic E-state index is 12.8. The summed E-state index contributed by atoms with van der Waals surface area (Å²) in [4.78, 5) is 54.8. The van der Waals surface area contributed by atoms with Gasteiger partial charge < -0.3 is 20.0 Å². The molecule has 1 aromatic rings. The van der Waals surface area contributed by atoms with E-state index < -0.39 is 0 Å². The topological polar surface area (TPSA) is 90.0 Å². The Bertz CT molecular complexity index is 798. The van der Waals surface area contributed by atoms with Gasteiger partial charge in [-0.25, -0.2) is 0 Å². The molecular weight excluding hydrogens is 396 g/mol. The van der Waals surface area contributed by atoms with Crippen molar-refractivity contribution >= 4 is 23.6 Å². The van der Waals surface area contributed by atoms with Crippen LogP contribution in [0.4, 0.5) is 0 Å². The molecule has 0 aliphatic carbocycles. The number of amides is 4. The van der Waals surface area contributed by atoms with E-state index in [0.29, 0.717) is 45.6 Å². The zero-order chi connectivity index (χ0) is 22.2. The quantitative estimate of drug-likeness (QED) is 0.783. The Morgan fingerprint density at radius 1 is 1.03 bits per heavy atom. The fourth-order valence-corrected chi connectivity index (χ4v) is 4.32. The molecule has 2 saturated heterocycles. The van der Waals surface area contributed by atoms with Crippen LogP contribution in [0.2, 0.25) is 0 Å². The molecule has 4 amide bonds. The van der Waals surface area contributed by atoms with E-state index in [-0.39, 0.29) is 42.5 Å². The molecule has 0 spiro atoms. The first-order valence-corrected chi connectivity index (χ1v) is 11.1. The molecule has 2 aliphatic heterocycles. The summed E-state index contributed by atoms with van der Waals surface area (Å²) in [5, 5.41) is 2.89. The van der Waals surface area contributed by atoms with Crippen LogP contribution in [0.5, 0.6) is 0 Å². The van der Waals surface area contributed by atoms with E-state index in [1.54, 1.807) is 14.7 Å². The number of nitrogens with one attached hydrogen (secondary N) is 1. The molecule has 168 valence electrons. The van der Waals surface area contributed by atoms with Crippen molar-refractivity contribution < 1.29 is 19.2 Å². The third-order valence-corrected chi connectivity index (χ3v) is 5.99. The largest absolute Gasteiger partial charge is 0.354 e. The highest BCUT2D eigenvalue weighted by atomic mass is 16.2. The highest BCUT2D eigenvalue weighted by molar-refractivity contribution is 5.81. The minimum absolute atomic E-state index is 0.0258. The first kappa shape index (κ1) is 22.8. The van der Waals surface area contributed by atoms with E-state index >= 15 is 0 Å². The van der Waals surface area contributed by atoms with Gasteiger partial charge in [-0.15, -0.1) is 0 Å². The zero-order valence-electron chi connectivity index (χ0n) is 18.2. The van der Waals surface area contributed by atoms with Crippen LogP contribution in [0.25, 0.3) is 0 Å². The lowest BCUT2D eigenvalue weighted by atomic mass is 10.0. The Hall–Kier alpha value is -2.90. The molecule has 2 aliphatic rings. The summed E-state index contributed by atoms with van der Waals surface area (Å²) in [7, 11) is 0. The monoisotopic (exact) mass is 428 g/mol. The number of benzene rings is 1. The Balaban J connectivity index is 1.66. The van der Waals surface area contributed by atoms with Crippen molar-refractivity contribution in [1.29, 1.82) is 0 Å². The standard InChI is InChI=1S/C23H32N4O4/c1-18(28)27-14-6-13-26(23(31)10-15-25-12-5-9-22(25)30)16-11-24-21(29)17-20(27)19-7-3-2-4-8-19/h2-4,7-8,20H,5-6,9-17H2,1H3,(H,24,29). The van der Waals surface area contributed by atoms with E-state index in [1.807, 2.05) is 30.3 Å². The average molecular weight is 429 g/mol. The predicted octanol–water partition coefficient (Wildman–Crippen LogP) is 1.33. The van der Waals surface area contributed by atoms with Crippen molar-refractivity contribution in [1.82, 2.24) is 20.0 Å². The molecule has 3 rings (SSSR count). The van der Waals surface area contributed by atoms with Crippen molar-refractivity contribution in [2.24, 2.45) is 0 Å². The number of carbonyl (C=O) groups excluding carboxylic acids is 4. The Labute approximate surface area is 183 Å². The maximum Gasteiger partial charge on any atom is 0.224 e. The van der Waals surface area contributed by atoms with Gasteiger partial charge in [-0.3, -0.25) is 19.2 Å². The normalized spacial score (nSPS) is 20.9. The van der Waals surface area contributed by atoms with Gasteiger partial charge in [-0.05, 0) is 18.4 Å². The second kappa shape index (κ2) is 10.9. The lowest BCUT2D eigenvalue weighted by molar-refractivity contribution is -0.133. The molecule has 0 aromatic heterocycles. The van der Waals surface area contributed by atoms with Crippen molar-refractivity contribution in [3.05, 3.63) is 35.9 Å². The van der Waals surface area contributed by atoms with Gasteiger partial charge in [-0.1, -0.05) is 30.3 Å². The first-order chi connectivity index (χ1) is 15.0. The van der Waals surface area contributed by atoms with Crippen molar-refractivity contribution in [2.45, 2.75) is 45.1 Å².